The van der Waals surface area contributed by atoms with Crippen LogP contribution in [-0.2, 0) is 11.3 Å². The summed E-state index contributed by atoms with van der Waals surface area (Å²) in [7, 11) is 0. The topological polar surface area (TPSA) is 72.1 Å². The van der Waals surface area contributed by atoms with Crippen molar-refractivity contribution in [2.24, 2.45) is 0 Å². The van der Waals surface area contributed by atoms with E-state index in [0.717, 1.165) is 26.9 Å². The van der Waals surface area contributed by atoms with Crippen molar-refractivity contribution in [1.29, 1.82) is 0 Å². The normalized spacial score (nSPS) is 14.2. The number of carbonyl (C=O) groups excluding carboxylic acids is 1. The van der Waals surface area contributed by atoms with Crippen molar-refractivity contribution < 1.29 is 9.18 Å². The fraction of sp³-hybridized carbons (Fsp3) is 0.150. The molecule has 1 aliphatic rings. The lowest BCUT2D eigenvalue weighted by molar-refractivity contribution is -0.117. The van der Waals surface area contributed by atoms with Gasteiger partial charge in [0.05, 0.1) is 18.7 Å². The quantitative estimate of drug-likeness (QED) is 0.613. The molecule has 0 bridgehead atoms. The Labute approximate surface area is 173 Å². The van der Waals surface area contributed by atoms with Crippen LogP contribution in [0.4, 0.5) is 15.2 Å². The van der Waals surface area contributed by atoms with Crippen LogP contribution in [0.1, 0.15) is 28.1 Å². The zero-order chi connectivity index (χ0) is 19.8. The number of halogens is 2. The molecule has 3 aromatic rings. The number of fused-ring (bicyclic) bond motifs is 1. The number of hydrogen-bond donors (Lipinski definition) is 1. The number of benzene rings is 2. The number of nitrogens with two attached hydrogens (primary N) is 1. The standard InChI is InChI=1S/C20H16BrFN4OS/c1-11-6-7-12(8-15(11)22)10-26-16-5-3-2-4-13(16)18(21)14(9-17(26)27)19-24-25-20(23)28-19/h2-8H,9-10H2,1H3,(H2,23,25). The molecule has 0 unspecified atom stereocenters. The highest BCUT2D eigenvalue weighted by Gasteiger charge is 2.29. The number of nitrogen functional groups attached to an aromatic ring is 1. The molecule has 0 fully saturated rings. The molecule has 8 heteroatoms. The van der Waals surface area contributed by atoms with E-state index in [-0.39, 0.29) is 24.7 Å². The second-order valence-corrected chi connectivity index (χ2v) is 8.30. The second kappa shape index (κ2) is 7.44. The number of nitrogens with zero attached hydrogens (tertiary/aromatic N) is 3. The lowest BCUT2D eigenvalue weighted by Gasteiger charge is -2.23. The lowest BCUT2D eigenvalue weighted by atomic mass is 10.1. The van der Waals surface area contributed by atoms with Crippen LogP contribution >= 0.6 is 27.3 Å². The van der Waals surface area contributed by atoms with E-state index in [2.05, 4.69) is 26.1 Å². The molecule has 5 nitrogen and oxygen atoms in total. The van der Waals surface area contributed by atoms with E-state index in [4.69, 9.17) is 5.73 Å². The summed E-state index contributed by atoms with van der Waals surface area (Å²) in [5.74, 6) is -0.385. The van der Waals surface area contributed by atoms with Crippen LogP contribution in [0.2, 0.25) is 0 Å². The molecule has 0 atom stereocenters. The first kappa shape index (κ1) is 18.8. The van der Waals surface area contributed by atoms with Crippen molar-refractivity contribution >= 4 is 54.0 Å². The molecule has 0 radical (unpaired) electrons. The van der Waals surface area contributed by atoms with Gasteiger partial charge in [0.2, 0.25) is 11.0 Å². The number of amides is 1. The van der Waals surface area contributed by atoms with Gasteiger partial charge < -0.3 is 10.6 Å². The monoisotopic (exact) mass is 458 g/mol. The Bertz CT molecular complexity index is 1110. The summed E-state index contributed by atoms with van der Waals surface area (Å²) in [4.78, 5) is 14.9. The highest BCUT2D eigenvalue weighted by Crippen LogP contribution is 2.42. The number of para-hydroxylation sites is 1. The maximum Gasteiger partial charge on any atom is 0.231 e. The predicted octanol–water partition coefficient (Wildman–Crippen LogP) is 4.77. The van der Waals surface area contributed by atoms with Crippen LogP contribution < -0.4 is 10.6 Å². The van der Waals surface area contributed by atoms with Crippen molar-refractivity contribution in [2.75, 3.05) is 10.6 Å². The van der Waals surface area contributed by atoms with E-state index in [0.29, 0.717) is 15.7 Å². The fourth-order valence-electron chi connectivity index (χ4n) is 3.13. The highest BCUT2D eigenvalue weighted by atomic mass is 79.9. The zero-order valence-corrected chi connectivity index (χ0v) is 17.3. The summed E-state index contributed by atoms with van der Waals surface area (Å²) in [6.45, 7) is 1.99. The van der Waals surface area contributed by atoms with E-state index in [1.165, 1.54) is 17.4 Å². The third-order valence-electron chi connectivity index (χ3n) is 4.60. The first-order chi connectivity index (χ1) is 13.4. The first-order valence-corrected chi connectivity index (χ1v) is 10.2. The molecule has 4 rings (SSSR count). The predicted molar refractivity (Wildman–Crippen MR) is 113 cm³/mol. The number of rotatable bonds is 3. The van der Waals surface area contributed by atoms with Gasteiger partial charge in [-0.05, 0) is 46.1 Å². The maximum absolute atomic E-state index is 14.0. The largest absolute Gasteiger partial charge is 0.374 e. The minimum absolute atomic E-state index is 0.105. The van der Waals surface area contributed by atoms with Crippen molar-refractivity contribution in [1.82, 2.24) is 10.2 Å². The average molecular weight is 459 g/mol. The van der Waals surface area contributed by atoms with Gasteiger partial charge in [0.1, 0.15) is 10.8 Å². The van der Waals surface area contributed by atoms with Gasteiger partial charge in [0.15, 0.2) is 0 Å². The summed E-state index contributed by atoms with van der Waals surface area (Å²) in [5, 5.41) is 8.93. The van der Waals surface area contributed by atoms with E-state index in [9.17, 15) is 9.18 Å². The van der Waals surface area contributed by atoms with Gasteiger partial charge in [0.25, 0.3) is 0 Å². The molecular weight excluding hydrogens is 443 g/mol. The van der Waals surface area contributed by atoms with Gasteiger partial charge in [-0.2, -0.15) is 0 Å². The molecule has 0 saturated carbocycles. The molecular formula is C20H16BrFN4OS. The van der Waals surface area contributed by atoms with Crippen molar-refractivity contribution in [3.63, 3.8) is 0 Å². The molecule has 142 valence electrons. The summed E-state index contributed by atoms with van der Waals surface area (Å²) in [5.41, 5.74) is 9.40. The van der Waals surface area contributed by atoms with Gasteiger partial charge in [-0.1, -0.05) is 41.7 Å². The second-order valence-electron chi connectivity index (χ2n) is 6.50. The number of aryl methyl sites for hydroxylation is 1. The molecule has 1 aromatic heterocycles. The molecule has 2 N–H and O–H groups in total. The van der Waals surface area contributed by atoms with Gasteiger partial charge in [-0.25, -0.2) is 4.39 Å². The van der Waals surface area contributed by atoms with E-state index >= 15 is 0 Å². The summed E-state index contributed by atoms with van der Waals surface area (Å²) in [6, 6.07) is 12.7. The fourth-order valence-corrected chi connectivity index (χ4v) is 4.59. The van der Waals surface area contributed by atoms with Crippen molar-refractivity contribution in [3.05, 3.63) is 70.0 Å². The van der Waals surface area contributed by atoms with Gasteiger partial charge in [0, 0.05) is 15.6 Å². The van der Waals surface area contributed by atoms with Gasteiger partial charge in [-0.15, -0.1) is 10.2 Å². The van der Waals surface area contributed by atoms with Crippen LogP contribution in [-0.4, -0.2) is 16.1 Å². The Morgan fingerprint density at radius 3 is 2.75 bits per heavy atom. The molecule has 1 aliphatic heterocycles. The Balaban J connectivity index is 1.78. The van der Waals surface area contributed by atoms with Crippen LogP contribution in [0.15, 0.2) is 42.5 Å². The number of anilines is 2. The highest BCUT2D eigenvalue weighted by molar-refractivity contribution is 9.15. The molecule has 0 saturated heterocycles. The van der Waals surface area contributed by atoms with Crippen molar-refractivity contribution in [3.8, 4) is 0 Å². The molecule has 0 aliphatic carbocycles. The Morgan fingerprint density at radius 2 is 2.04 bits per heavy atom. The number of carbonyl (C=O) groups is 1. The maximum atomic E-state index is 14.0. The Hall–Kier alpha value is -2.58. The van der Waals surface area contributed by atoms with Crippen LogP contribution in [0, 0.1) is 12.7 Å². The van der Waals surface area contributed by atoms with Crippen LogP contribution in [0.3, 0.4) is 0 Å². The Morgan fingerprint density at radius 1 is 1.25 bits per heavy atom. The minimum atomic E-state index is -0.280. The molecule has 2 heterocycles. The molecule has 0 spiro atoms. The van der Waals surface area contributed by atoms with Crippen LogP contribution in [0.25, 0.3) is 10.1 Å². The lowest BCUT2D eigenvalue weighted by Crippen LogP contribution is -2.30. The third kappa shape index (κ3) is 3.45. The average Bonchev–Trinajstić information content (AvgIpc) is 3.08. The van der Waals surface area contributed by atoms with E-state index < -0.39 is 0 Å². The van der Waals surface area contributed by atoms with Crippen LogP contribution in [0.5, 0.6) is 0 Å². The minimum Gasteiger partial charge on any atom is -0.374 e. The third-order valence-corrected chi connectivity index (χ3v) is 6.32. The van der Waals surface area contributed by atoms with Gasteiger partial charge in [-0.3, -0.25) is 4.79 Å². The summed E-state index contributed by atoms with van der Waals surface area (Å²) >= 11 is 4.89. The SMILES string of the molecule is Cc1ccc(CN2C(=O)CC(c3nnc(N)s3)=C(Br)c3ccccc32)cc1F. The van der Waals surface area contributed by atoms with Crippen molar-refractivity contribution in [2.45, 2.75) is 19.9 Å². The molecule has 2 aromatic carbocycles. The van der Waals surface area contributed by atoms with Gasteiger partial charge >= 0.3 is 0 Å². The van der Waals surface area contributed by atoms with E-state index in [1.807, 2.05) is 30.3 Å². The number of hydrogen-bond acceptors (Lipinski definition) is 5. The Kier molecular flexibility index (Phi) is 4.99. The molecule has 1 amide bonds. The number of aromatic nitrogens is 2. The summed E-state index contributed by atoms with van der Waals surface area (Å²) < 4.78 is 14.8. The van der Waals surface area contributed by atoms with E-state index in [1.54, 1.807) is 17.9 Å². The zero-order valence-electron chi connectivity index (χ0n) is 14.9. The summed E-state index contributed by atoms with van der Waals surface area (Å²) in [6.07, 6.45) is 0.137. The molecule has 28 heavy (non-hydrogen) atoms. The first-order valence-electron chi connectivity index (χ1n) is 8.57. The smallest absolute Gasteiger partial charge is 0.231 e.